The van der Waals surface area contributed by atoms with Gasteiger partial charge in [-0.25, -0.2) is 5.06 Å². The van der Waals surface area contributed by atoms with Crippen LogP contribution in [0.2, 0.25) is 5.02 Å². The Bertz CT molecular complexity index is 390. The van der Waals surface area contributed by atoms with E-state index in [2.05, 4.69) is 15.9 Å². The molecule has 0 aliphatic rings. The van der Waals surface area contributed by atoms with Crippen molar-refractivity contribution in [3.05, 3.63) is 34.9 Å². The minimum Gasteiger partial charge on any atom is -0.286 e. The van der Waals surface area contributed by atoms with Gasteiger partial charge in [0.25, 0.3) is 5.91 Å². The van der Waals surface area contributed by atoms with Gasteiger partial charge in [0.15, 0.2) is 0 Å². The SMILES string of the molecule is CC(C)(Br)C(=O)N(O)Cc1ccccc1Cl. The second-order valence-electron chi connectivity index (χ2n) is 3.93. The third kappa shape index (κ3) is 3.47. The van der Waals surface area contributed by atoms with Crippen LogP contribution in [0, 0.1) is 0 Å². The number of halogens is 2. The van der Waals surface area contributed by atoms with Crippen LogP contribution < -0.4 is 0 Å². The Hall–Kier alpha value is -0.580. The second kappa shape index (κ2) is 5.17. The van der Waals surface area contributed by atoms with Crippen LogP contribution in [-0.2, 0) is 11.3 Å². The molecule has 16 heavy (non-hydrogen) atoms. The molecule has 0 aliphatic heterocycles. The molecule has 1 N–H and O–H groups in total. The second-order valence-corrected chi connectivity index (χ2v) is 6.32. The van der Waals surface area contributed by atoms with Gasteiger partial charge in [-0.1, -0.05) is 45.7 Å². The van der Waals surface area contributed by atoms with Crippen molar-refractivity contribution in [2.75, 3.05) is 0 Å². The van der Waals surface area contributed by atoms with Crippen LogP contribution in [0.5, 0.6) is 0 Å². The molecule has 1 aromatic carbocycles. The van der Waals surface area contributed by atoms with Gasteiger partial charge in [0, 0.05) is 5.02 Å². The molecule has 0 heterocycles. The summed E-state index contributed by atoms with van der Waals surface area (Å²) in [5.74, 6) is -0.410. The van der Waals surface area contributed by atoms with Gasteiger partial charge in [-0.15, -0.1) is 0 Å². The van der Waals surface area contributed by atoms with Gasteiger partial charge >= 0.3 is 0 Å². The largest absolute Gasteiger partial charge is 0.286 e. The lowest BCUT2D eigenvalue weighted by Crippen LogP contribution is -2.39. The molecule has 3 nitrogen and oxygen atoms in total. The fourth-order valence-corrected chi connectivity index (χ4v) is 1.57. The van der Waals surface area contributed by atoms with Gasteiger partial charge < -0.3 is 0 Å². The van der Waals surface area contributed by atoms with Crippen LogP contribution in [-0.4, -0.2) is 20.5 Å². The number of amides is 1. The van der Waals surface area contributed by atoms with Crippen molar-refractivity contribution in [2.24, 2.45) is 0 Å². The summed E-state index contributed by atoms with van der Waals surface area (Å²) in [6, 6.07) is 7.08. The van der Waals surface area contributed by atoms with Gasteiger partial charge in [-0.3, -0.25) is 10.0 Å². The molecule has 0 aliphatic carbocycles. The van der Waals surface area contributed by atoms with Crippen molar-refractivity contribution in [1.29, 1.82) is 0 Å². The van der Waals surface area contributed by atoms with Gasteiger partial charge in [-0.2, -0.15) is 0 Å². The van der Waals surface area contributed by atoms with Crippen LogP contribution in [0.3, 0.4) is 0 Å². The van der Waals surface area contributed by atoms with Gasteiger partial charge in [-0.05, 0) is 25.5 Å². The maximum absolute atomic E-state index is 11.7. The van der Waals surface area contributed by atoms with Crippen LogP contribution >= 0.6 is 27.5 Å². The number of carbonyl (C=O) groups excluding carboxylic acids is 1. The van der Waals surface area contributed by atoms with E-state index in [0.29, 0.717) is 15.6 Å². The average molecular weight is 307 g/mol. The van der Waals surface area contributed by atoms with E-state index < -0.39 is 10.2 Å². The first-order valence-corrected chi connectivity index (χ1v) is 5.92. The van der Waals surface area contributed by atoms with E-state index >= 15 is 0 Å². The van der Waals surface area contributed by atoms with Crippen molar-refractivity contribution in [3.8, 4) is 0 Å². The minimum atomic E-state index is -0.789. The summed E-state index contributed by atoms with van der Waals surface area (Å²) in [6.45, 7) is 3.42. The van der Waals surface area contributed by atoms with Crippen LogP contribution in [0.4, 0.5) is 0 Å². The molecule has 0 saturated carbocycles. The molecule has 0 atom stereocenters. The third-order valence-electron chi connectivity index (χ3n) is 2.02. The molecule has 0 spiro atoms. The Kier molecular flexibility index (Phi) is 4.35. The van der Waals surface area contributed by atoms with E-state index in [4.69, 9.17) is 11.6 Å². The van der Waals surface area contributed by atoms with E-state index in [1.165, 1.54) is 0 Å². The van der Waals surface area contributed by atoms with Crippen LogP contribution in [0.25, 0.3) is 0 Å². The number of alkyl halides is 1. The van der Waals surface area contributed by atoms with Gasteiger partial charge in [0.1, 0.15) is 4.32 Å². The molecular formula is C11H13BrClNO2. The van der Waals surface area contributed by atoms with Crippen LogP contribution in [0.15, 0.2) is 24.3 Å². The molecule has 0 bridgehead atoms. The normalized spacial score (nSPS) is 11.3. The number of benzene rings is 1. The zero-order valence-electron chi connectivity index (χ0n) is 9.08. The highest BCUT2D eigenvalue weighted by Crippen LogP contribution is 2.21. The zero-order chi connectivity index (χ0) is 12.3. The van der Waals surface area contributed by atoms with Crippen molar-refractivity contribution in [3.63, 3.8) is 0 Å². The monoisotopic (exact) mass is 305 g/mol. The van der Waals surface area contributed by atoms with Crippen molar-refractivity contribution >= 4 is 33.4 Å². The maximum atomic E-state index is 11.7. The molecule has 0 radical (unpaired) electrons. The molecule has 88 valence electrons. The summed E-state index contributed by atoms with van der Waals surface area (Å²) in [4.78, 5) is 11.7. The number of carbonyl (C=O) groups is 1. The summed E-state index contributed by atoms with van der Waals surface area (Å²) in [5.41, 5.74) is 0.705. The Morgan fingerprint density at radius 2 is 2.06 bits per heavy atom. The number of hydrogen-bond donors (Lipinski definition) is 1. The maximum Gasteiger partial charge on any atom is 0.262 e. The van der Waals surface area contributed by atoms with E-state index in [-0.39, 0.29) is 6.54 Å². The molecule has 1 rings (SSSR count). The smallest absolute Gasteiger partial charge is 0.262 e. The van der Waals surface area contributed by atoms with E-state index in [1.54, 1.807) is 38.1 Å². The summed E-state index contributed by atoms with van der Waals surface area (Å²) in [6.07, 6.45) is 0. The Morgan fingerprint density at radius 3 is 2.56 bits per heavy atom. The van der Waals surface area contributed by atoms with Crippen LogP contribution in [0.1, 0.15) is 19.4 Å². The summed E-state index contributed by atoms with van der Waals surface area (Å²) in [5, 5.41) is 10.8. The first kappa shape index (κ1) is 13.5. The third-order valence-corrected chi connectivity index (χ3v) is 2.73. The van der Waals surface area contributed by atoms with Crippen molar-refractivity contribution < 1.29 is 10.0 Å². The molecule has 0 saturated heterocycles. The predicted molar refractivity (Wildman–Crippen MR) is 66.8 cm³/mol. The molecule has 1 aromatic rings. The van der Waals surface area contributed by atoms with E-state index in [1.807, 2.05) is 0 Å². The lowest BCUT2D eigenvalue weighted by atomic mass is 10.2. The fourth-order valence-electron chi connectivity index (χ4n) is 1.17. The Balaban J connectivity index is 2.76. The average Bonchev–Trinajstić information content (AvgIpc) is 2.19. The van der Waals surface area contributed by atoms with Gasteiger partial charge in [0.05, 0.1) is 6.54 Å². The summed E-state index contributed by atoms with van der Waals surface area (Å²) >= 11 is 9.12. The topological polar surface area (TPSA) is 40.5 Å². The number of nitrogens with zero attached hydrogens (tertiary/aromatic N) is 1. The quantitative estimate of drug-likeness (QED) is 0.529. The lowest BCUT2D eigenvalue weighted by molar-refractivity contribution is -0.169. The first-order chi connectivity index (χ1) is 7.32. The lowest BCUT2D eigenvalue weighted by Gasteiger charge is -2.22. The number of hydroxylamine groups is 2. The minimum absolute atomic E-state index is 0.0769. The molecule has 5 heteroatoms. The predicted octanol–water partition coefficient (Wildman–Crippen LogP) is 3.23. The highest BCUT2D eigenvalue weighted by atomic mass is 79.9. The molecule has 0 unspecified atom stereocenters. The summed E-state index contributed by atoms with van der Waals surface area (Å²) < 4.78 is -0.789. The molecule has 0 fully saturated rings. The molecule has 1 amide bonds. The number of rotatable bonds is 3. The van der Waals surface area contributed by atoms with Crippen molar-refractivity contribution in [2.45, 2.75) is 24.7 Å². The number of hydrogen-bond acceptors (Lipinski definition) is 2. The molecular weight excluding hydrogens is 293 g/mol. The zero-order valence-corrected chi connectivity index (χ0v) is 11.4. The van der Waals surface area contributed by atoms with E-state index in [0.717, 1.165) is 0 Å². The fraction of sp³-hybridized carbons (Fsp3) is 0.364. The highest BCUT2D eigenvalue weighted by molar-refractivity contribution is 9.10. The Morgan fingerprint density at radius 1 is 1.50 bits per heavy atom. The first-order valence-electron chi connectivity index (χ1n) is 4.75. The highest BCUT2D eigenvalue weighted by Gasteiger charge is 2.28. The van der Waals surface area contributed by atoms with Crippen molar-refractivity contribution in [1.82, 2.24) is 5.06 Å². The van der Waals surface area contributed by atoms with Gasteiger partial charge in [0.2, 0.25) is 0 Å². The summed E-state index contributed by atoms with van der Waals surface area (Å²) in [7, 11) is 0. The standard InChI is InChI=1S/C11H13BrClNO2/c1-11(2,12)10(15)14(16)7-8-5-3-4-6-9(8)13/h3-6,16H,7H2,1-2H3. The Labute approximate surface area is 108 Å². The van der Waals surface area contributed by atoms with E-state index in [9.17, 15) is 10.0 Å². The molecule has 0 aromatic heterocycles.